The van der Waals surface area contributed by atoms with Crippen molar-refractivity contribution in [3.8, 4) is 11.7 Å². The van der Waals surface area contributed by atoms with Gasteiger partial charge in [0.25, 0.3) is 5.89 Å². The average molecular weight is 448 g/mol. The summed E-state index contributed by atoms with van der Waals surface area (Å²) in [6.07, 6.45) is -0.783. The molecule has 2 aromatic heterocycles. The molecule has 9 nitrogen and oxygen atoms in total. The van der Waals surface area contributed by atoms with Gasteiger partial charge in [-0.1, -0.05) is 0 Å². The van der Waals surface area contributed by atoms with E-state index >= 15 is 0 Å². The highest BCUT2D eigenvalue weighted by molar-refractivity contribution is 9.10. The summed E-state index contributed by atoms with van der Waals surface area (Å²) in [5, 5.41) is 19.3. The molecule has 1 amide bonds. The third-order valence-electron chi connectivity index (χ3n) is 2.75. The number of furan rings is 1. The van der Waals surface area contributed by atoms with Crippen LogP contribution in [-0.4, -0.2) is 44.8 Å². The number of amides is 1. The molecule has 2 rings (SSSR count). The Morgan fingerprint density at radius 2 is 2.08 bits per heavy atom. The Morgan fingerprint density at radius 3 is 2.65 bits per heavy atom. The number of hydrogen-bond acceptors (Lipinski definition) is 8. The monoisotopic (exact) mass is 447 g/mol. The quantitative estimate of drug-likeness (QED) is 0.656. The molecule has 0 aliphatic carbocycles. The molecule has 0 bridgehead atoms. The van der Waals surface area contributed by atoms with Crippen LogP contribution in [0.3, 0.4) is 0 Å². The van der Waals surface area contributed by atoms with Crippen molar-refractivity contribution in [3.05, 3.63) is 22.7 Å². The van der Waals surface area contributed by atoms with Gasteiger partial charge >= 0.3 is 12.1 Å². The van der Waals surface area contributed by atoms with E-state index in [1.54, 1.807) is 32.9 Å². The van der Waals surface area contributed by atoms with Gasteiger partial charge in [0, 0.05) is 5.75 Å². The van der Waals surface area contributed by atoms with Gasteiger partial charge in [0.15, 0.2) is 10.4 Å². The van der Waals surface area contributed by atoms with Crippen LogP contribution >= 0.6 is 27.7 Å². The molecule has 0 aliphatic rings. The first-order valence-electron chi connectivity index (χ1n) is 7.52. The Hall–Kier alpha value is -2.01. The predicted octanol–water partition coefficient (Wildman–Crippen LogP) is 3.30. The summed E-state index contributed by atoms with van der Waals surface area (Å²) < 4.78 is 16.4. The fraction of sp³-hybridized carbons (Fsp3) is 0.467. The lowest BCUT2D eigenvalue weighted by molar-refractivity contribution is -0.138. The maximum atomic E-state index is 11.7. The maximum Gasteiger partial charge on any atom is 0.408 e. The first-order valence-corrected chi connectivity index (χ1v) is 9.47. The second-order valence-electron chi connectivity index (χ2n) is 6.16. The van der Waals surface area contributed by atoms with E-state index in [1.165, 1.54) is 11.8 Å². The summed E-state index contributed by atoms with van der Waals surface area (Å²) in [5.74, 6) is 0.213. The lowest BCUT2D eigenvalue weighted by Crippen LogP contribution is -2.44. The molecule has 1 atom stereocenters. The molecule has 0 aliphatic heterocycles. The number of thioether (sulfide) groups is 1. The van der Waals surface area contributed by atoms with Crippen LogP contribution in [0.15, 0.2) is 25.6 Å². The number of nitrogens with one attached hydrogen (secondary N) is 1. The fourth-order valence-electron chi connectivity index (χ4n) is 1.73. The standard InChI is InChI=1S/C15H18BrN3O6S/c1-15(2,3)25-14(22)17-8(13(20)21)6-26-7-11-18-19-12(24-11)9-4-5-10(16)23-9/h4-5,8H,6-7H2,1-3H3,(H,17,22)(H,20,21). The molecule has 0 saturated heterocycles. The van der Waals surface area contributed by atoms with Gasteiger partial charge < -0.3 is 24.0 Å². The smallest absolute Gasteiger partial charge is 0.408 e. The van der Waals surface area contributed by atoms with Gasteiger partial charge in [-0.25, -0.2) is 9.59 Å². The first kappa shape index (κ1) is 20.3. The summed E-state index contributed by atoms with van der Waals surface area (Å²) in [6, 6.07) is 2.28. The second-order valence-corrected chi connectivity index (χ2v) is 7.97. The van der Waals surface area contributed by atoms with Gasteiger partial charge in [-0.2, -0.15) is 0 Å². The van der Waals surface area contributed by atoms with Crippen molar-refractivity contribution in [3.63, 3.8) is 0 Å². The van der Waals surface area contributed by atoms with Gasteiger partial charge in [0.05, 0.1) is 5.75 Å². The third kappa shape index (κ3) is 6.37. The SMILES string of the molecule is CC(C)(C)OC(=O)NC(CSCc1nnc(-c2ccc(Br)o2)o1)C(=O)O. The van der Waals surface area contributed by atoms with Crippen molar-refractivity contribution in [1.29, 1.82) is 0 Å². The van der Waals surface area contributed by atoms with Gasteiger partial charge in [-0.05, 0) is 48.8 Å². The molecular formula is C15H18BrN3O6S. The topological polar surface area (TPSA) is 128 Å². The highest BCUT2D eigenvalue weighted by Gasteiger charge is 2.24. The number of carboxylic acids is 1. The van der Waals surface area contributed by atoms with Crippen molar-refractivity contribution in [2.45, 2.75) is 38.2 Å². The van der Waals surface area contributed by atoms with Gasteiger partial charge in [-0.3, -0.25) is 0 Å². The molecule has 11 heteroatoms. The lowest BCUT2D eigenvalue weighted by Gasteiger charge is -2.21. The van der Waals surface area contributed by atoms with Crippen LogP contribution < -0.4 is 5.32 Å². The van der Waals surface area contributed by atoms with Crippen LogP contribution in [0.25, 0.3) is 11.7 Å². The van der Waals surface area contributed by atoms with E-state index in [2.05, 4.69) is 31.4 Å². The van der Waals surface area contributed by atoms with E-state index < -0.39 is 23.7 Å². The minimum atomic E-state index is -1.16. The number of halogens is 1. The summed E-state index contributed by atoms with van der Waals surface area (Å²) in [7, 11) is 0. The van der Waals surface area contributed by atoms with E-state index in [1.807, 2.05) is 0 Å². The Balaban J connectivity index is 1.85. The molecule has 1 unspecified atom stereocenters. The van der Waals surface area contributed by atoms with Crippen molar-refractivity contribution in [2.24, 2.45) is 0 Å². The number of carbonyl (C=O) groups is 2. The van der Waals surface area contributed by atoms with Crippen molar-refractivity contribution >= 4 is 39.8 Å². The van der Waals surface area contributed by atoms with E-state index in [-0.39, 0.29) is 17.4 Å². The molecular weight excluding hydrogens is 430 g/mol. The van der Waals surface area contributed by atoms with E-state index in [9.17, 15) is 14.7 Å². The lowest BCUT2D eigenvalue weighted by atomic mass is 10.2. The number of rotatable bonds is 7. The van der Waals surface area contributed by atoms with Crippen molar-refractivity contribution < 1.29 is 28.3 Å². The van der Waals surface area contributed by atoms with Crippen LogP contribution in [0.1, 0.15) is 26.7 Å². The van der Waals surface area contributed by atoms with Crippen LogP contribution in [0.2, 0.25) is 0 Å². The molecule has 0 fully saturated rings. The highest BCUT2D eigenvalue weighted by Crippen LogP contribution is 2.24. The summed E-state index contributed by atoms with van der Waals surface area (Å²) in [6.45, 7) is 5.09. The zero-order valence-electron chi connectivity index (χ0n) is 14.3. The normalized spacial score (nSPS) is 12.6. The number of carbonyl (C=O) groups excluding carboxylic acids is 1. The molecule has 0 spiro atoms. The molecule has 2 N–H and O–H groups in total. The summed E-state index contributed by atoms with van der Waals surface area (Å²) in [4.78, 5) is 23.0. The summed E-state index contributed by atoms with van der Waals surface area (Å²) >= 11 is 4.41. The van der Waals surface area contributed by atoms with Crippen molar-refractivity contribution in [1.82, 2.24) is 15.5 Å². The molecule has 142 valence electrons. The Kier molecular flexibility index (Phi) is 6.70. The zero-order chi connectivity index (χ0) is 19.3. The Labute approximate surface area is 162 Å². The number of hydrogen-bond donors (Lipinski definition) is 2. The minimum Gasteiger partial charge on any atom is -0.480 e. The first-order chi connectivity index (χ1) is 12.1. The second kappa shape index (κ2) is 8.58. The van der Waals surface area contributed by atoms with Crippen LogP contribution in [0.4, 0.5) is 4.79 Å². The van der Waals surface area contributed by atoms with Crippen LogP contribution in [-0.2, 0) is 15.3 Å². The van der Waals surface area contributed by atoms with E-state index in [0.717, 1.165) is 0 Å². The van der Waals surface area contributed by atoms with Gasteiger partial charge in [0.2, 0.25) is 5.89 Å². The predicted molar refractivity (Wildman–Crippen MR) is 96.7 cm³/mol. The number of alkyl carbamates (subject to hydrolysis) is 1. The highest BCUT2D eigenvalue weighted by atomic mass is 79.9. The Morgan fingerprint density at radius 1 is 1.35 bits per heavy atom. The summed E-state index contributed by atoms with van der Waals surface area (Å²) in [5.41, 5.74) is -0.707. The van der Waals surface area contributed by atoms with Crippen LogP contribution in [0, 0.1) is 0 Å². The molecule has 0 radical (unpaired) electrons. The third-order valence-corrected chi connectivity index (χ3v) is 4.20. The number of aromatic nitrogens is 2. The van der Waals surface area contributed by atoms with E-state index in [0.29, 0.717) is 16.3 Å². The molecule has 26 heavy (non-hydrogen) atoms. The van der Waals surface area contributed by atoms with Crippen LogP contribution in [0.5, 0.6) is 0 Å². The zero-order valence-corrected chi connectivity index (χ0v) is 16.7. The minimum absolute atomic E-state index is 0.110. The average Bonchev–Trinajstić information content (AvgIpc) is 3.13. The van der Waals surface area contributed by atoms with E-state index in [4.69, 9.17) is 13.6 Å². The number of ether oxygens (including phenoxy) is 1. The Bertz CT molecular complexity index is 770. The number of carboxylic acid groups (broad SMARTS) is 1. The van der Waals surface area contributed by atoms with Gasteiger partial charge in [0.1, 0.15) is 11.6 Å². The van der Waals surface area contributed by atoms with Gasteiger partial charge in [-0.15, -0.1) is 22.0 Å². The van der Waals surface area contributed by atoms with Crippen molar-refractivity contribution in [2.75, 3.05) is 5.75 Å². The number of nitrogens with zero attached hydrogens (tertiary/aromatic N) is 2. The molecule has 0 aromatic carbocycles. The molecule has 2 aromatic rings. The maximum absolute atomic E-state index is 11.7. The largest absolute Gasteiger partial charge is 0.480 e. The fourth-order valence-corrected chi connectivity index (χ4v) is 2.91. The molecule has 0 saturated carbocycles. The molecule has 2 heterocycles. The number of aliphatic carboxylic acids is 1.